The molecule has 0 radical (unpaired) electrons. The molecule has 3 rings (SSSR count). The first-order chi connectivity index (χ1) is 11.2. The average molecular weight is 338 g/mol. The molecule has 2 N–H and O–H groups in total. The Kier molecular flexibility index (Phi) is 5.63. The molecular weight excluding hydrogens is 312 g/mol. The molecule has 0 bridgehead atoms. The maximum Gasteiger partial charge on any atom is 0.240 e. The summed E-state index contributed by atoms with van der Waals surface area (Å²) < 4.78 is 0. The lowest BCUT2D eigenvalue weighted by Gasteiger charge is -2.30. The molecule has 6 nitrogen and oxygen atoms in total. The lowest BCUT2D eigenvalue weighted by molar-refractivity contribution is -0.117. The van der Waals surface area contributed by atoms with Crippen LogP contribution in [0.4, 0.5) is 5.13 Å². The van der Waals surface area contributed by atoms with E-state index in [0.29, 0.717) is 23.8 Å². The van der Waals surface area contributed by atoms with Crippen molar-refractivity contribution in [2.45, 2.75) is 44.7 Å². The van der Waals surface area contributed by atoms with Crippen LogP contribution in [0, 0.1) is 6.92 Å². The number of nitrogens with zero attached hydrogens (tertiary/aromatic N) is 3. The van der Waals surface area contributed by atoms with E-state index in [0.717, 1.165) is 44.6 Å². The van der Waals surface area contributed by atoms with Gasteiger partial charge in [0.05, 0.1) is 18.8 Å². The average Bonchev–Trinajstić information content (AvgIpc) is 3.23. The van der Waals surface area contributed by atoms with Gasteiger partial charge in [-0.15, -0.1) is 11.3 Å². The highest BCUT2D eigenvalue weighted by atomic mass is 32.1. The monoisotopic (exact) mass is 338 g/mol. The number of hydrogen-bond acceptors (Lipinski definition) is 6. The van der Waals surface area contributed by atoms with Gasteiger partial charge in [0.25, 0.3) is 0 Å². The molecule has 3 heterocycles. The molecule has 0 aromatic carbocycles. The first kappa shape index (κ1) is 16.8. The number of aromatic nitrogens is 1. The highest BCUT2D eigenvalue weighted by molar-refractivity contribution is 7.13. The fourth-order valence-electron chi connectivity index (χ4n) is 3.68. The molecule has 128 valence electrons. The molecule has 2 fully saturated rings. The van der Waals surface area contributed by atoms with Crippen LogP contribution in [0.5, 0.6) is 0 Å². The molecule has 23 heavy (non-hydrogen) atoms. The van der Waals surface area contributed by atoms with Crippen molar-refractivity contribution >= 4 is 22.4 Å². The van der Waals surface area contributed by atoms with Crippen molar-refractivity contribution in [3.63, 3.8) is 0 Å². The van der Waals surface area contributed by atoms with Crippen LogP contribution in [0.15, 0.2) is 5.38 Å². The van der Waals surface area contributed by atoms with Gasteiger partial charge in [-0.25, -0.2) is 4.98 Å². The van der Waals surface area contributed by atoms with Gasteiger partial charge < -0.3 is 10.4 Å². The number of thiazole rings is 1. The summed E-state index contributed by atoms with van der Waals surface area (Å²) in [4.78, 5) is 21.2. The second-order valence-corrected chi connectivity index (χ2v) is 7.44. The Morgan fingerprint density at radius 2 is 2.09 bits per heavy atom. The van der Waals surface area contributed by atoms with Gasteiger partial charge in [-0.2, -0.15) is 0 Å². The Balaban J connectivity index is 1.51. The molecule has 2 atom stereocenters. The predicted molar refractivity (Wildman–Crippen MR) is 91.8 cm³/mol. The number of aliphatic hydroxyl groups excluding tert-OH is 1. The molecule has 1 aromatic heterocycles. The zero-order valence-corrected chi connectivity index (χ0v) is 14.5. The smallest absolute Gasteiger partial charge is 0.240 e. The van der Waals surface area contributed by atoms with Crippen LogP contribution in [-0.2, 0) is 4.79 Å². The summed E-state index contributed by atoms with van der Waals surface area (Å²) >= 11 is 1.47. The van der Waals surface area contributed by atoms with Gasteiger partial charge >= 0.3 is 0 Å². The van der Waals surface area contributed by atoms with Crippen molar-refractivity contribution in [1.29, 1.82) is 0 Å². The summed E-state index contributed by atoms with van der Waals surface area (Å²) in [5.41, 5.74) is 0.938. The fraction of sp³-hybridized carbons (Fsp3) is 0.750. The van der Waals surface area contributed by atoms with Crippen LogP contribution in [0.3, 0.4) is 0 Å². The zero-order chi connectivity index (χ0) is 16.2. The maximum absolute atomic E-state index is 12.2. The number of aryl methyl sites for hydroxylation is 1. The Bertz CT molecular complexity index is 536. The van der Waals surface area contributed by atoms with E-state index in [-0.39, 0.29) is 12.5 Å². The fourth-order valence-corrected chi connectivity index (χ4v) is 4.38. The zero-order valence-electron chi connectivity index (χ0n) is 13.7. The molecule has 7 heteroatoms. The number of amides is 1. The lowest BCUT2D eigenvalue weighted by Crippen LogP contribution is -2.45. The largest absolute Gasteiger partial charge is 0.395 e. The summed E-state index contributed by atoms with van der Waals surface area (Å²) in [6.07, 6.45) is 4.54. The van der Waals surface area contributed by atoms with Gasteiger partial charge in [-0.3, -0.25) is 14.6 Å². The second kappa shape index (κ2) is 7.70. The summed E-state index contributed by atoms with van der Waals surface area (Å²) in [6.45, 7) is 5.62. The van der Waals surface area contributed by atoms with Gasteiger partial charge in [0, 0.05) is 24.0 Å². The van der Waals surface area contributed by atoms with Crippen molar-refractivity contribution < 1.29 is 9.90 Å². The molecule has 2 aliphatic rings. The molecule has 1 aromatic rings. The normalized spacial score (nSPS) is 26.0. The highest BCUT2D eigenvalue weighted by Gasteiger charge is 2.32. The molecule has 2 unspecified atom stereocenters. The molecule has 1 amide bonds. The van der Waals surface area contributed by atoms with Crippen molar-refractivity contribution in [1.82, 2.24) is 14.8 Å². The van der Waals surface area contributed by atoms with Gasteiger partial charge in [0.2, 0.25) is 5.91 Å². The van der Waals surface area contributed by atoms with Crippen LogP contribution < -0.4 is 5.32 Å². The summed E-state index contributed by atoms with van der Waals surface area (Å²) in [5, 5.41) is 15.0. The maximum atomic E-state index is 12.2. The molecular formula is C16H26N4O2S. The van der Waals surface area contributed by atoms with E-state index in [1.165, 1.54) is 17.8 Å². The van der Waals surface area contributed by atoms with Gasteiger partial charge in [0.15, 0.2) is 5.13 Å². The van der Waals surface area contributed by atoms with Crippen molar-refractivity contribution in [2.75, 3.05) is 38.1 Å². The van der Waals surface area contributed by atoms with E-state index in [9.17, 15) is 9.90 Å². The first-order valence-corrected chi connectivity index (χ1v) is 9.34. The number of hydrogen-bond donors (Lipinski definition) is 2. The number of likely N-dealkylation sites (tertiary alicyclic amines) is 2. The van der Waals surface area contributed by atoms with Crippen LogP contribution in [0.25, 0.3) is 0 Å². The lowest BCUT2D eigenvalue weighted by atomic mass is 10.2. The Hall–Kier alpha value is -1.02. The van der Waals surface area contributed by atoms with E-state index in [1.54, 1.807) is 0 Å². The molecule has 2 aliphatic heterocycles. The number of anilines is 1. The van der Waals surface area contributed by atoms with Gasteiger partial charge in [-0.05, 0) is 45.7 Å². The quantitative estimate of drug-likeness (QED) is 0.819. The third kappa shape index (κ3) is 4.29. The number of nitrogens with one attached hydrogen (secondary N) is 1. The molecule has 0 spiro atoms. The summed E-state index contributed by atoms with van der Waals surface area (Å²) in [7, 11) is 0. The number of carbonyl (C=O) groups excluding carboxylic acids is 1. The minimum Gasteiger partial charge on any atom is -0.395 e. The summed E-state index contributed by atoms with van der Waals surface area (Å²) in [5.74, 6) is 0.0198. The molecule has 0 aliphatic carbocycles. The van der Waals surface area contributed by atoms with E-state index in [1.807, 2.05) is 12.3 Å². The standard InChI is InChI=1S/C16H26N4O2S/c1-12-11-23-16(17-12)18-15(22)9-20-7-2-4-13(20)8-19-6-3-5-14(19)10-21/h11,13-14,21H,2-10H2,1H3,(H,17,18,22). The van der Waals surface area contributed by atoms with E-state index >= 15 is 0 Å². The van der Waals surface area contributed by atoms with E-state index < -0.39 is 0 Å². The third-order valence-corrected chi connectivity index (χ3v) is 5.74. The minimum atomic E-state index is 0.0198. The van der Waals surface area contributed by atoms with Crippen molar-refractivity contribution in [3.05, 3.63) is 11.1 Å². The predicted octanol–water partition coefficient (Wildman–Crippen LogP) is 1.31. The number of rotatable bonds is 6. The Morgan fingerprint density at radius 1 is 1.35 bits per heavy atom. The SMILES string of the molecule is Cc1csc(NC(=O)CN2CCCC2CN2CCCC2CO)n1. The molecule has 0 saturated carbocycles. The van der Waals surface area contributed by atoms with Crippen LogP contribution in [0.1, 0.15) is 31.4 Å². The van der Waals surface area contributed by atoms with Crippen LogP contribution in [0.2, 0.25) is 0 Å². The van der Waals surface area contributed by atoms with Gasteiger partial charge in [0.1, 0.15) is 0 Å². The molecule has 2 saturated heterocycles. The van der Waals surface area contributed by atoms with Crippen LogP contribution in [-0.4, -0.2) is 70.7 Å². The minimum absolute atomic E-state index is 0.0198. The Labute approximate surface area is 141 Å². The number of aliphatic hydroxyl groups is 1. The first-order valence-electron chi connectivity index (χ1n) is 8.46. The Morgan fingerprint density at radius 3 is 2.78 bits per heavy atom. The van der Waals surface area contributed by atoms with Crippen molar-refractivity contribution in [3.8, 4) is 0 Å². The van der Waals surface area contributed by atoms with E-state index in [2.05, 4.69) is 20.1 Å². The second-order valence-electron chi connectivity index (χ2n) is 6.58. The van der Waals surface area contributed by atoms with Gasteiger partial charge in [-0.1, -0.05) is 0 Å². The third-order valence-electron chi connectivity index (χ3n) is 4.87. The topological polar surface area (TPSA) is 68.7 Å². The van der Waals surface area contributed by atoms with Crippen molar-refractivity contribution in [2.24, 2.45) is 0 Å². The highest BCUT2D eigenvalue weighted by Crippen LogP contribution is 2.23. The van der Waals surface area contributed by atoms with Crippen LogP contribution >= 0.6 is 11.3 Å². The number of carbonyl (C=O) groups is 1. The summed E-state index contributed by atoms with van der Waals surface area (Å²) in [6, 6.07) is 0.732. The van der Waals surface area contributed by atoms with E-state index in [4.69, 9.17) is 0 Å².